The molecule has 0 aromatic heterocycles. The smallest absolute Gasteiger partial charge is 0.313 e. The van der Waals surface area contributed by atoms with Crippen LogP contribution in [0.15, 0.2) is 54.6 Å². The third-order valence-electron chi connectivity index (χ3n) is 3.81. The molecule has 2 amide bonds. The maximum Gasteiger partial charge on any atom is 0.313 e. The summed E-state index contributed by atoms with van der Waals surface area (Å²) in [6.07, 6.45) is 1.67. The van der Waals surface area contributed by atoms with E-state index in [1.165, 1.54) is 5.56 Å². The highest BCUT2D eigenvalue weighted by molar-refractivity contribution is 6.39. The minimum absolute atomic E-state index is 0.274. The first kappa shape index (κ1) is 17.7. The molecule has 4 heteroatoms. The van der Waals surface area contributed by atoms with Crippen molar-refractivity contribution in [3.63, 3.8) is 0 Å². The molecule has 0 aliphatic carbocycles. The van der Waals surface area contributed by atoms with Gasteiger partial charge in [0.25, 0.3) is 0 Å². The average Bonchev–Trinajstić information content (AvgIpc) is 2.59. The first-order valence-electron chi connectivity index (χ1n) is 8.30. The predicted octanol–water partition coefficient (Wildman–Crippen LogP) is 3.50. The summed E-state index contributed by atoms with van der Waals surface area (Å²) in [6, 6.07) is 17.6. The van der Waals surface area contributed by atoms with E-state index in [4.69, 9.17) is 0 Å². The normalized spacial score (nSPS) is 10.5. The molecule has 0 spiro atoms. The average molecular weight is 324 g/mol. The van der Waals surface area contributed by atoms with E-state index in [1.807, 2.05) is 42.5 Å². The Morgan fingerprint density at radius 1 is 0.917 bits per heavy atom. The SMILES string of the molecule is CC(C)c1ccccc1NC(=O)C(=O)NCCCc1ccccc1. The second-order valence-corrected chi connectivity index (χ2v) is 6.04. The van der Waals surface area contributed by atoms with E-state index in [0.717, 1.165) is 18.4 Å². The fourth-order valence-corrected chi connectivity index (χ4v) is 2.51. The number of amides is 2. The second-order valence-electron chi connectivity index (χ2n) is 6.04. The van der Waals surface area contributed by atoms with E-state index in [2.05, 4.69) is 36.6 Å². The van der Waals surface area contributed by atoms with Gasteiger partial charge in [-0.2, -0.15) is 0 Å². The number of hydrogen-bond acceptors (Lipinski definition) is 2. The Kier molecular flexibility index (Phi) is 6.55. The molecule has 0 atom stereocenters. The molecule has 4 nitrogen and oxygen atoms in total. The molecule has 24 heavy (non-hydrogen) atoms. The van der Waals surface area contributed by atoms with Crippen molar-refractivity contribution in [2.24, 2.45) is 0 Å². The van der Waals surface area contributed by atoms with Crippen molar-refractivity contribution in [2.75, 3.05) is 11.9 Å². The molecule has 0 saturated carbocycles. The van der Waals surface area contributed by atoms with Gasteiger partial charge in [-0.05, 0) is 36.0 Å². The Balaban J connectivity index is 1.79. The first-order valence-corrected chi connectivity index (χ1v) is 8.30. The second kappa shape index (κ2) is 8.87. The number of hydrogen-bond donors (Lipinski definition) is 2. The number of anilines is 1. The van der Waals surface area contributed by atoms with Crippen molar-refractivity contribution in [3.05, 3.63) is 65.7 Å². The highest BCUT2D eigenvalue weighted by atomic mass is 16.2. The largest absolute Gasteiger partial charge is 0.348 e. The van der Waals surface area contributed by atoms with Crippen LogP contribution in [0, 0.1) is 0 Å². The van der Waals surface area contributed by atoms with Gasteiger partial charge in [0.05, 0.1) is 0 Å². The predicted molar refractivity (Wildman–Crippen MR) is 96.9 cm³/mol. The summed E-state index contributed by atoms with van der Waals surface area (Å²) in [5, 5.41) is 5.37. The third kappa shape index (κ3) is 5.23. The monoisotopic (exact) mass is 324 g/mol. The standard InChI is InChI=1S/C20H24N2O2/c1-15(2)17-12-6-7-13-18(17)22-20(24)19(23)21-14-8-11-16-9-4-3-5-10-16/h3-7,9-10,12-13,15H,8,11,14H2,1-2H3,(H,21,23)(H,22,24). The topological polar surface area (TPSA) is 58.2 Å². The van der Waals surface area contributed by atoms with Crippen LogP contribution in [0.3, 0.4) is 0 Å². The van der Waals surface area contributed by atoms with Crippen molar-refractivity contribution in [2.45, 2.75) is 32.6 Å². The van der Waals surface area contributed by atoms with Crippen molar-refractivity contribution in [1.82, 2.24) is 5.32 Å². The van der Waals surface area contributed by atoms with E-state index in [0.29, 0.717) is 12.2 Å². The molecule has 0 unspecified atom stereocenters. The van der Waals surface area contributed by atoms with Crippen LogP contribution in [0.25, 0.3) is 0 Å². The number of nitrogens with one attached hydrogen (secondary N) is 2. The molecule has 2 aromatic rings. The molecule has 0 fully saturated rings. The van der Waals surface area contributed by atoms with Crippen LogP contribution in [-0.4, -0.2) is 18.4 Å². The number of para-hydroxylation sites is 1. The van der Waals surface area contributed by atoms with Crippen molar-refractivity contribution >= 4 is 17.5 Å². The van der Waals surface area contributed by atoms with Gasteiger partial charge in [-0.25, -0.2) is 0 Å². The number of aryl methyl sites for hydroxylation is 1. The lowest BCUT2D eigenvalue weighted by Gasteiger charge is -2.13. The van der Waals surface area contributed by atoms with Gasteiger partial charge in [-0.3, -0.25) is 9.59 Å². The lowest BCUT2D eigenvalue weighted by atomic mass is 10.0. The van der Waals surface area contributed by atoms with Gasteiger partial charge in [0.15, 0.2) is 0 Å². The highest BCUT2D eigenvalue weighted by Gasteiger charge is 2.15. The zero-order chi connectivity index (χ0) is 17.4. The van der Waals surface area contributed by atoms with Crippen LogP contribution in [0.2, 0.25) is 0 Å². The Hall–Kier alpha value is -2.62. The molecule has 0 radical (unpaired) electrons. The highest BCUT2D eigenvalue weighted by Crippen LogP contribution is 2.23. The van der Waals surface area contributed by atoms with Gasteiger partial charge in [0, 0.05) is 12.2 Å². The fourth-order valence-electron chi connectivity index (χ4n) is 2.51. The molecule has 0 aliphatic rings. The van der Waals surface area contributed by atoms with E-state index in [1.54, 1.807) is 0 Å². The molecule has 0 heterocycles. The van der Waals surface area contributed by atoms with Gasteiger partial charge in [0.2, 0.25) is 0 Å². The quantitative estimate of drug-likeness (QED) is 0.631. The summed E-state index contributed by atoms with van der Waals surface area (Å²) in [5.74, 6) is -0.945. The zero-order valence-electron chi connectivity index (χ0n) is 14.2. The van der Waals surface area contributed by atoms with Gasteiger partial charge in [-0.1, -0.05) is 62.4 Å². The summed E-state index contributed by atoms with van der Waals surface area (Å²) >= 11 is 0. The van der Waals surface area contributed by atoms with Crippen LogP contribution in [0.5, 0.6) is 0 Å². The van der Waals surface area contributed by atoms with E-state index < -0.39 is 11.8 Å². The summed E-state index contributed by atoms with van der Waals surface area (Å²) in [6.45, 7) is 4.58. The van der Waals surface area contributed by atoms with E-state index in [-0.39, 0.29) is 5.92 Å². The lowest BCUT2D eigenvalue weighted by Crippen LogP contribution is -2.36. The van der Waals surface area contributed by atoms with Crippen molar-refractivity contribution < 1.29 is 9.59 Å². The summed E-state index contributed by atoms with van der Waals surface area (Å²) in [4.78, 5) is 23.9. The summed E-state index contributed by atoms with van der Waals surface area (Å²) in [7, 11) is 0. The molecule has 2 aromatic carbocycles. The number of carbonyl (C=O) groups is 2. The molecule has 2 rings (SSSR count). The molecule has 0 bridgehead atoms. The fraction of sp³-hybridized carbons (Fsp3) is 0.300. The van der Waals surface area contributed by atoms with Crippen LogP contribution in [0.4, 0.5) is 5.69 Å². The van der Waals surface area contributed by atoms with E-state index in [9.17, 15) is 9.59 Å². The molecular weight excluding hydrogens is 300 g/mol. The van der Waals surface area contributed by atoms with Crippen LogP contribution < -0.4 is 10.6 Å². The van der Waals surface area contributed by atoms with Crippen LogP contribution in [-0.2, 0) is 16.0 Å². The lowest BCUT2D eigenvalue weighted by molar-refractivity contribution is -0.136. The first-order chi connectivity index (χ1) is 11.6. The van der Waals surface area contributed by atoms with Crippen LogP contribution >= 0.6 is 0 Å². The van der Waals surface area contributed by atoms with Crippen molar-refractivity contribution in [3.8, 4) is 0 Å². The van der Waals surface area contributed by atoms with Crippen LogP contribution in [0.1, 0.15) is 37.3 Å². The Labute approximate surface area is 143 Å². The van der Waals surface area contributed by atoms with Gasteiger partial charge >= 0.3 is 11.8 Å². The maximum atomic E-state index is 12.0. The molecule has 2 N–H and O–H groups in total. The van der Waals surface area contributed by atoms with Crippen molar-refractivity contribution in [1.29, 1.82) is 0 Å². The van der Waals surface area contributed by atoms with Gasteiger partial charge in [-0.15, -0.1) is 0 Å². The minimum Gasteiger partial charge on any atom is -0.348 e. The molecule has 0 aliphatic heterocycles. The van der Waals surface area contributed by atoms with Gasteiger partial charge in [0.1, 0.15) is 0 Å². The van der Waals surface area contributed by atoms with E-state index >= 15 is 0 Å². The summed E-state index contributed by atoms with van der Waals surface area (Å²) in [5.41, 5.74) is 2.93. The zero-order valence-corrected chi connectivity index (χ0v) is 14.2. The number of rotatable bonds is 6. The maximum absolute atomic E-state index is 12.0. The Morgan fingerprint density at radius 3 is 2.29 bits per heavy atom. The Bertz CT molecular complexity index is 681. The molecule has 126 valence electrons. The summed E-state index contributed by atoms with van der Waals surface area (Å²) < 4.78 is 0. The number of benzene rings is 2. The Morgan fingerprint density at radius 2 is 1.58 bits per heavy atom. The van der Waals surface area contributed by atoms with Gasteiger partial charge < -0.3 is 10.6 Å². The number of carbonyl (C=O) groups excluding carboxylic acids is 2. The minimum atomic E-state index is -0.622. The molecule has 0 saturated heterocycles. The molecular formula is C20H24N2O2. The third-order valence-corrected chi connectivity index (χ3v) is 3.81.